The maximum atomic E-state index is 8.49. The van der Waals surface area contributed by atoms with Crippen LogP contribution in [0.25, 0.3) is 10.4 Å². The topological polar surface area (TPSA) is 48.8 Å². The van der Waals surface area contributed by atoms with Crippen molar-refractivity contribution in [3.8, 4) is 0 Å². The Kier molecular flexibility index (Phi) is 4.86. The number of rotatable bonds is 5. The van der Waals surface area contributed by atoms with Gasteiger partial charge in [-0.3, -0.25) is 0 Å². The summed E-state index contributed by atoms with van der Waals surface area (Å²) < 4.78 is 1.33. The van der Waals surface area contributed by atoms with Gasteiger partial charge in [-0.1, -0.05) is 0 Å². The van der Waals surface area contributed by atoms with Crippen LogP contribution < -0.4 is 4.46 Å². The number of hydrogen-bond donors (Lipinski definition) is 0. The summed E-state index contributed by atoms with van der Waals surface area (Å²) in [5.41, 5.74) is 9.74. The van der Waals surface area contributed by atoms with E-state index in [9.17, 15) is 0 Å². The predicted molar refractivity (Wildman–Crippen MR) is 75.0 cm³/mol. The molecule has 0 fully saturated rings. The van der Waals surface area contributed by atoms with Crippen LogP contribution >= 0.6 is 0 Å². The van der Waals surface area contributed by atoms with E-state index in [1.807, 2.05) is 36.4 Å². The fourth-order valence-corrected chi connectivity index (χ4v) is 3.91. The molecule has 0 aliphatic carbocycles. The molecule has 2 aromatic carbocycles. The average molecular weight is 302 g/mol. The molecule has 0 saturated heterocycles. The molecule has 4 heteroatoms. The Labute approximate surface area is 113 Å². The molecule has 0 aliphatic rings. The maximum absolute atomic E-state index is 8.49. The van der Waals surface area contributed by atoms with Crippen LogP contribution in [-0.2, 0) is 0 Å². The third-order valence-electron chi connectivity index (χ3n) is 2.50. The first-order valence-electron chi connectivity index (χ1n) is 5.67. The van der Waals surface area contributed by atoms with Crippen LogP contribution in [0.4, 0.5) is 0 Å². The standard InChI is InChI=1S/C14H13N3Se/c15-17-16-11-14(12-7-3-1-4-8-12)18-13-9-5-2-6-10-13/h1-10,14H,11H2. The summed E-state index contributed by atoms with van der Waals surface area (Å²) in [6.07, 6.45) is 0. The van der Waals surface area contributed by atoms with Crippen molar-refractivity contribution >= 4 is 19.4 Å². The van der Waals surface area contributed by atoms with Gasteiger partial charge in [-0.15, -0.1) is 0 Å². The van der Waals surface area contributed by atoms with Gasteiger partial charge in [0, 0.05) is 0 Å². The quantitative estimate of drug-likeness (QED) is 0.353. The van der Waals surface area contributed by atoms with Gasteiger partial charge in [0.15, 0.2) is 0 Å². The summed E-state index contributed by atoms with van der Waals surface area (Å²) in [6.45, 7) is 0.523. The SMILES string of the molecule is [N-]=[N+]=NCC([Se]c1ccccc1)c1ccccc1. The fraction of sp³-hybridized carbons (Fsp3) is 0.143. The summed E-state index contributed by atoms with van der Waals surface area (Å²) in [5, 5.41) is 3.74. The molecule has 1 unspecified atom stereocenters. The van der Waals surface area contributed by atoms with E-state index in [-0.39, 0.29) is 15.0 Å². The number of hydrogen-bond acceptors (Lipinski definition) is 1. The Morgan fingerprint density at radius 2 is 1.61 bits per heavy atom. The molecule has 0 saturated carbocycles. The molecule has 0 radical (unpaired) electrons. The Balaban J connectivity index is 2.18. The zero-order valence-electron chi connectivity index (χ0n) is 9.81. The zero-order chi connectivity index (χ0) is 12.6. The van der Waals surface area contributed by atoms with Crippen molar-refractivity contribution in [1.82, 2.24) is 0 Å². The van der Waals surface area contributed by atoms with E-state index in [4.69, 9.17) is 5.53 Å². The first kappa shape index (κ1) is 12.7. The van der Waals surface area contributed by atoms with Crippen LogP contribution in [0.15, 0.2) is 65.8 Å². The molecule has 0 heterocycles. The molecular weight excluding hydrogens is 289 g/mol. The van der Waals surface area contributed by atoms with Crippen molar-refractivity contribution in [1.29, 1.82) is 0 Å². The minimum atomic E-state index is 0.275. The molecule has 0 spiro atoms. The third-order valence-corrected chi connectivity index (χ3v) is 5.13. The van der Waals surface area contributed by atoms with Gasteiger partial charge in [0.1, 0.15) is 0 Å². The first-order chi connectivity index (χ1) is 8.90. The van der Waals surface area contributed by atoms with Crippen molar-refractivity contribution < 1.29 is 0 Å². The normalized spacial score (nSPS) is 11.6. The van der Waals surface area contributed by atoms with E-state index in [1.165, 1.54) is 10.0 Å². The van der Waals surface area contributed by atoms with E-state index < -0.39 is 0 Å². The number of nitrogens with zero attached hydrogens (tertiary/aromatic N) is 3. The predicted octanol–water partition coefficient (Wildman–Crippen LogP) is 3.07. The van der Waals surface area contributed by atoms with Crippen LogP contribution in [-0.4, -0.2) is 21.5 Å². The summed E-state index contributed by atoms with van der Waals surface area (Å²) in [5.74, 6) is 0. The Hall–Kier alpha value is -1.73. The molecule has 2 rings (SSSR count). The van der Waals surface area contributed by atoms with E-state index >= 15 is 0 Å². The zero-order valence-corrected chi connectivity index (χ0v) is 11.5. The average Bonchev–Trinajstić information content (AvgIpc) is 2.45. The van der Waals surface area contributed by atoms with Gasteiger partial charge in [-0.2, -0.15) is 0 Å². The van der Waals surface area contributed by atoms with Gasteiger partial charge in [-0.25, -0.2) is 0 Å². The summed E-state index contributed by atoms with van der Waals surface area (Å²) >= 11 is 0.275. The van der Waals surface area contributed by atoms with Crippen LogP contribution in [0.5, 0.6) is 0 Å². The van der Waals surface area contributed by atoms with E-state index in [1.54, 1.807) is 0 Å². The minimum absolute atomic E-state index is 0.275. The van der Waals surface area contributed by atoms with Crippen molar-refractivity contribution in [2.75, 3.05) is 6.54 Å². The van der Waals surface area contributed by atoms with Crippen LogP contribution in [0.1, 0.15) is 10.4 Å². The Bertz CT molecular complexity index is 521. The Morgan fingerprint density at radius 3 is 2.22 bits per heavy atom. The monoisotopic (exact) mass is 303 g/mol. The van der Waals surface area contributed by atoms with Crippen molar-refractivity contribution in [2.24, 2.45) is 5.11 Å². The number of azide groups is 1. The molecule has 2 aromatic rings. The van der Waals surface area contributed by atoms with Crippen LogP contribution in [0.3, 0.4) is 0 Å². The molecule has 0 N–H and O–H groups in total. The van der Waals surface area contributed by atoms with Gasteiger partial charge in [0.05, 0.1) is 0 Å². The van der Waals surface area contributed by atoms with Gasteiger partial charge in [0.2, 0.25) is 0 Å². The van der Waals surface area contributed by atoms with E-state index in [0.29, 0.717) is 11.4 Å². The molecular formula is C14H13N3Se. The van der Waals surface area contributed by atoms with Crippen LogP contribution in [0, 0.1) is 0 Å². The molecule has 0 aliphatic heterocycles. The molecule has 3 nitrogen and oxygen atoms in total. The second-order valence-corrected chi connectivity index (χ2v) is 6.42. The van der Waals surface area contributed by atoms with Crippen molar-refractivity contribution in [3.05, 3.63) is 76.7 Å². The molecule has 0 bridgehead atoms. The second-order valence-electron chi connectivity index (χ2n) is 3.74. The first-order valence-corrected chi connectivity index (χ1v) is 7.52. The van der Waals surface area contributed by atoms with Crippen LogP contribution in [0.2, 0.25) is 0 Å². The second kappa shape index (κ2) is 6.87. The molecule has 18 heavy (non-hydrogen) atoms. The molecule has 1 atom stereocenters. The van der Waals surface area contributed by atoms with Crippen molar-refractivity contribution in [3.63, 3.8) is 0 Å². The summed E-state index contributed by atoms with van der Waals surface area (Å²) in [7, 11) is 0. The molecule has 0 aromatic heterocycles. The Morgan fingerprint density at radius 1 is 1.00 bits per heavy atom. The third kappa shape index (κ3) is 3.64. The van der Waals surface area contributed by atoms with Gasteiger partial charge >= 0.3 is 113 Å². The van der Waals surface area contributed by atoms with E-state index in [0.717, 1.165) is 0 Å². The summed E-state index contributed by atoms with van der Waals surface area (Å²) in [4.78, 5) is 3.18. The van der Waals surface area contributed by atoms with Gasteiger partial charge in [0.25, 0.3) is 0 Å². The summed E-state index contributed by atoms with van der Waals surface area (Å²) in [6, 6.07) is 20.6. The molecule has 0 amide bonds. The van der Waals surface area contributed by atoms with E-state index in [2.05, 4.69) is 34.3 Å². The van der Waals surface area contributed by atoms with Crippen molar-refractivity contribution in [2.45, 2.75) is 4.82 Å². The van der Waals surface area contributed by atoms with Gasteiger partial charge in [-0.05, 0) is 0 Å². The number of benzene rings is 2. The van der Waals surface area contributed by atoms with Gasteiger partial charge < -0.3 is 0 Å². The fourth-order valence-electron chi connectivity index (χ4n) is 1.65. The molecule has 90 valence electrons.